The SMILES string of the molecule is CN(C)C(CCc1ccc2c(c1)OCO2)CCc1ccc2c(c1)OCO2. The molecule has 26 heavy (non-hydrogen) atoms. The molecule has 0 atom stereocenters. The zero-order valence-electron chi connectivity index (χ0n) is 15.4. The molecule has 138 valence electrons. The van der Waals surface area contributed by atoms with E-state index in [-0.39, 0.29) is 0 Å². The number of hydrogen-bond donors (Lipinski definition) is 0. The van der Waals surface area contributed by atoms with Gasteiger partial charge in [0.1, 0.15) is 0 Å². The summed E-state index contributed by atoms with van der Waals surface area (Å²) in [7, 11) is 4.31. The lowest BCUT2D eigenvalue weighted by molar-refractivity contribution is 0.173. The summed E-state index contributed by atoms with van der Waals surface area (Å²) in [5, 5.41) is 0. The second-order valence-corrected chi connectivity index (χ2v) is 7.07. The molecule has 0 radical (unpaired) electrons. The van der Waals surface area contributed by atoms with Gasteiger partial charge in [0, 0.05) is 6.04 Å². The zero-order valence-corrected chi connectivity index (χ0v) is 15.4. The van der Waals surface area contributed by atoms with Crippen LogP contribution in [0.25, 0.3) is 0 Å². The van der Waals surface area contributed by atoms with E-state index in [2.05, 4.69) is 43.3 Å². The molecular weight excluding hydrogens is 330 g/mol. The first-order valence-corrected chi connectivity index (χ1v) is 9.12. The summed E-state index contributed by atoms with van der Waals surface area (Å²) >= 11 is 0. The molecule has 0 aliphatic carbocycles. The summed E-state index contributed by atoms with van der Waals surface area (Å²) in [5.41, 5.74) is 2.59. The van der Waals surface area contributed by atoms with Crippen molar-refractivity contribution in [3.8, 4) is 23.0 Å². The molecule has 0 bridgehead atoms. The normalized spacial score (nSPS) is 14.5. The predicted octanol–water partition coefficient (Wildman–Crippen LogP) is 3.64. The maximum atomic E-state index is 5.48. The smallest absolute Gasteiger partial charge is 0.231 e. The van der Waals surface area contributed by atoms with Crippen LogP contribution in [0.15, 0.2) is 36.4 Å². The number of rotatable bonds is 7. The summed E-state index contributed by atoms with van der Waals surface area (Å²) in [6.07, 6.45) is 4.27. The Balaban J connectivity index is 1.34. The van der Waals surface area contributed by atoms with Crippen LogP contribution in [-0.4, -0.2) is 38.6 Å². The number of ether oxygens (including phenoxy) is 4. The molecule has 0 spiro atoms. The van der Waals surface area contributed by atoms with Crippen molar-refractivity contribution >= 4 is 0 Å². The second kappa shape index (κ2) is 7.46. The fourth-order valence-corrected chi connectivity index (χ4v) is 3.52. The van der Waals surface area contributed by atoms with Gasteiger partial charge in [0.25, 0.3) is 0 Å². The standard InChI is InChI=1S/C21H25NO4/c1-22(2)17(7-3-15-5-9-18-20(11-15)25-13-23-18)8-4-16-6-10-19-21(12-16)26-14-24-19/h5-6,9-12,17H,3-4,7-8,13-14H2,1-2H3. The fraction of sp³-hybridized carbons (Fsp3) is 0.429. The van der Waals surface area contributed by atoms with E-state index < -0.39 is 0 Å². The van der Waals surface area contributed by atoms with E-state index in [0.29, 0.717) is 19.6 Å². The number of fused-ring (bicyclic) bond motifs is 2. The third-order valence-electron chi connectivity index (χ3n) is 5.14. The minimum Gasteiger partial charge on any atom is -0.454 e. The van der Waals surface area contributed by atoms with Gasteiger partial charge >= 0.3 is 0 Å². The van der Waals surface area contributed by atoms with Crippen LogP contribution < -0.4 is 18.9 Å². The molecule has 2 aliphatic heterocycles. The number of hydrogen-bond acceptors (Lipinski definition) is 5. The predicted molar refractivity (Wildman–Crippen MR) is 99.2 cm³/mol. The van der Waals surface area contributed by atoms with Crippen LogP contribution >= 0.6 is 0 Å². The summed E-state index contributed by atoms with van der Waals surface area (Å²) in [6.45, 7) is 0.656. The molecule has 0 unspecified atom stereocenters. The lowest BCUT2D eigenvalue weighted by atomic mass is 9.98. The monoisotopic (exact) mass is 355 g/mol. The molecule has 0 saturated carbocycles. The molecule has 2 aromatic rings. The van der Waals surface area contributed by atoms with E-state index in [0.717, 1.165) is 48.7 Å². The van der Waals surface area contributed by atoms with Crippen LogP contribution in [0.2, 0.25) is 0 Å². The number of nitrogens with zero attached hydrogens (tertiary/aromatic N) is 1. The Morgan fingerprint density at radius 3 is 1.65 bits per heavy atom. The van der Waals surface area contributed by atoms with Gasteiger partial charge in [-0.05, 0) is 75.2 Å². The van der Waals surface area contributed by atoms with Crippen LogP contribution in [0, 0.1) is 0 Å². The first-order valence-electron chi connectivity index (χ1n) is 9.12. The Kier molecular flexibility index (Phi) is 4.89. The topological polar surface area (TPSA) is 40.2 Å². The lowest BCUT2D eigenvalue weighted by Crippen LogP contribution is -2.29. The maximum absolute atomic E-state index is 5.48. The Hall–Kier alpha value is -2.40. The van der Waals surface area contributed by atoms with Gasteiger partial charge in [-0.15, -0.1) is 0 Å². The molecule has 0 saturated heterocycles. The molecule has 2 aromatic carbocycles. The average Bonchev–Trinajstić information content (AvgIpc) is 3.29. The van der Waals surface area contributed by atoms with Gasteiger partial charge in [-0.1, -0.05) is 12.1 Å². The second-order valence-electron chi connectivity index (χ2n) is 7.07. The van der Waals surface area contributed by atoms with Crippen LogP contribution in [-0.2, 0) is 12.8 Å². The Morgan fingerprint density at radius 2 is 1.19 bits per heavy atom. The zero-order chi connectivity index (χ0) is 17.9. The van der Waals surface area contributed by atoms with Crippen LogP contribution in [0.5, 0.6) is 23.0 Å². The van der Waals surface area contributed by atoms with Gasteiger partial charge in [-0.3, -0.25) is 0 Å². The third-order valence-corrected chi connectivity index (χ3v) is 5.14. The average molecular weight is 355 g/mol. The molecule has 0 aromatic heterocycles. The molecule has 4 rings (SSSR count). The van der Waals surface area contributed by atoms with Gasteiger partial charge in [-0.2, -0.15) is 0 Å². The van der Waals surface area contributed by atoms with Gasteiger partial charge in [0.2, 0.25) is 13.6 Å². The molecule has 0 N–H and O–H groups in total. The maximum Gasteiger partial charge on any atom is 0.231 e. The van der Waals surface area contributed by atoms with Crippen LogP contribution in [0.4, 0.5) is 0 Å². The third kappa shape index (κ3) is 3.73. The summed E-state index contributed by atoms with van der Waals surface area (Å²) in [4.78, 5) is 2.32. The van der Waals surface area contributed by atoms with Crippen molar-refractivity contribution < 1.29 is 18.9 Å². The van der Waals surface area contributed by atoms with Gasteiger partial charge in [0.15, 0.2) is 23.0 Å². The molecule has 5 heteroatoms. The molecule has 2 aliphatic rings. The van der Waals surface area contributed by atoms with E-state index >= 15 is 0 Å². The first-order chi connectivity index (χ1) is 12.7. The minimum absolute atomic E-state index is 0.328. The number of aryl methyl sites for hydroxylation is 2. The first kappa shape index (κ1) is 17.0. The minimum atomic E-state index is 0.328. The molecule has 2 heterocycles. The van der Waals surface area contributed by atoms with E-state index in [4.69, 9.17) is 18.9 Å². The van der Waals surface area contributed by atoms with Gasteiger partial charge < -0.3 is 23.8 Å². The van der Waals surface area contributed by atoms with Crippen molar-refractivity contribution in [2.24, 2.45) is 0 Å². The highest BCUT2D eigenvalue weighted by Gasteiger charge is 2.17. The molecular formula is C21H25NO4. The van der Waals surface area contributed by atoms with Crippen LogP contribution in [0.3, 0.4) is 0 Å². The van der Waals surface area contributed by atoms with Crippen molar-refractivity contribution in [1.82, 2.24) is 4.90 Å². The fourth-order valence-electron chi connectivity index (χ4n) is 3.52. The number of benzene rings is 2. The summed E-state index contributed by atoms with van der Waals surface area (Å²) in [5.74, 6) is 3.43. The van der Waals surface area contributed by atoms with E-state index in [9.17, 15) is 0 Å². The van der Waals surface area contributed by atoms with E-state index in [1.807, 2.05) is 12.1 Å². The highest BCUT2D eigenvalue weighted by Crippen LogP contribution is 2.34. The van der Waals surface area contributed by atoms with E-state index in [1.165, 1.54) is 11.1 Å². The summed E-state index contributed by atoms with van der Waals surface area (Å²) < 4.78 is 21.7. The molecule has 5 nitrogen and oxygen atoms in total. The molecule has 0 fully saturated rings. The summed E-state index contributed by atoms with van der Waals surface area (Å²) in [6, 6.07) is 13.0. The van der Waals surface area contributed by atoms with E-state index in [1.54, 1.807) is 0 Å². The van der Waals surface area contributed by atoms with Crippen molar-refractivity contribution in [3.05, 3.63) is 47.5 Å². The van der Waals surface area contributed by atoms with Crippen LogP contribution in [0.1, 0.15) is 24.0 Å². The Bertz CT molecular complexity index is 713. The largest absolute Gasteiger partial charge is 0.454 e. The van der Waals surface area contributed by atoms with Gasteiger partial charge in [-0.25, -0.2) is 0 Å². The van der Waals surface area contributed by atoms with Gasteiger partial charge in [0.05, 0.1) is 0 Å². The lowest BCUT2D eigenvalue weighted by Gasteiger charge is -2.24. The van der Waals surface area contributed by atoms with Crippen molar-refractivity contribution in [3.63, 3.8) is 0 Å². The van der Waals surface area contributed by atoms with Crippen molar-refractivity contribution in [2.45, 2.75) is 31.7 Å². The Morgan fingerprint density at radius 1 is 0.731 bits per heavy atom. The molecule has 0 amide bonds. The highest BCUT2D eigenvalue weighted by atomic mass is 16.7. The van der Waals surface area contributed by atoms with Crippen molar-refractivity contribution in [2.75, 3.05) is 27.7 Å². The Labute approximate surface area is 154 Å². The quantitative estimate of drug-likeness (QED) is 0.758. The highest BCUT2D eigenvalue weighted by molar-refractivity contribution is 5.45. The van der Waals surface area contributed by atoms with Crippen molar-refractivity contribution in [1.29, 1.82) is 0 Å².